The van der Waals surface area contributed by atoms with Gasteiger partial charge in [-0.2, -0.15) is 0 Å². The van der Waals surface area contributed by atoms with E-state index >= 15 is 0 Å². The van der Waals surface area contributed by atoms with Crippen LogP contribution in [0.1, 0.15) is 19.3 Å². The number of fused-ring (bicyclic) bond motifs is 1. The average Bonchev–Trinajstić information content (AvgIpc) is 2.65. The summed E-state index contributed by atoms with van der Waals surface area (Å²) in [7, 11) is 0. The molecule has 0 fully saturated rings. The molecule has 1 aromatic heterocycles. The van der Waals surface area contributed by atoms with Crippen molar-refractivity contribution in [3.05, 3.63) is 59.8 Å². The van der Waals surface area contributed by atoms with Crippen LogP contribution in [0, 0.1) is 0 Å². The Hall–Kier alpha value is -2.66. The first-order valence-corrected chi connectivity index (χ1v) is 8.72. The summed E-state index contributed by atoms with van der Waals surface area (Å²) >= 11 is 5.91. The van der Waals surface area contributed by atoms with E-state index in [0.29, 0.717) is 35.1 Å². The van der Waals surface area contributed by atoms with Gasteiger partial charge >= 0.3 is 0 Å². The number of halogens is 2. The number of nitrogens with one attached hydrogen (secondary N) is 1. The van der Waals surface area contributed by atoms with Crippen molar-refractivity contribution in [3.63, 3.8) is 0 Å². The van der Waals surface area contributed by atoms with Gasteiger partial charge in [-0.3, -0.25) is 14.2 Å². The minimum Gasteiger partial charge on any atom is -0.455 e. The summed E-state index contributed by atoms with van der Waals surface area (Å²) in [5.74, 6) is 0.924. The van der Waals surface area contributed by atoms with Gasteiger partial charge in [-0.25, -0.2) is 0 Å². The first-order valence-electron chi connectivity index (χ1n) is 8.34. The quantitative estimate of drug-likeness (QED) is 0.536. The molecule has 6 heteroatoms. The molecule has 0 saturated heterocycles. The number of carbonyl (C=O) groups is 1. The molecular weight excluding hydrogens is 355 g/mol. The molecule has 0 unspecified atom stereocenters. The molecule has 0 atom stereocenters. The highest BCUT2D eigenvalue weighted by atomic mass is 35.5. The lowest BCUT2D eigenvalue weighted by Crippen LogP contribution is -2.12. The maximum Gasteiger partial charge on any atom is 0.224 e. The molecule has 0 aliphatic heterocycles. The number of anilines is 1. The zero-order valence-corrected chi connectivity index (χ0v) is 14.8. The number of unbranched alkanes of at least 4 members (excludes halogenated alkanes) is 1. The van der Waals surface area contributed by atoms with Crippen molar-refractivity contribution in [2.75, 3.05) is 12.0 Å². The topological polar surface area (TPSA) is 51.2 Å². The molecule has 0 aliphatic carbocycles. The molecule has 4 nitrogen and oxygen atoms in total. The molecule has 1 N–H and O–H groups in total. The van der Waals surface area contributed by atoms with E-state index in [1.54, 1.807) is 42.6 Å². The Labute approximate surface area is 156 Å². The highest BCUT2D eigenvalue weighted by molar-refractivity contribution is 6.30. The Morgan fingerprint density at radius 3 is 2.69 bits per heavy atom. The Morgan fingerprint density at radius 2 is 1.92 bits per heavy atom. The maximum atomic E-state index is 12.3. The van der Waals surface area contributed by atoms with Crippen molar-refractivity contribution in [2.45, 2.75) is 19.3 Å². The lowest BCUT2D eigenvalue weighted by atomic mass is 10.1. The van der Waals surface area contributed by atoms with Crippen LogP contribution in [0.15, 0.2) is 54.7 Å². The molecule has 26 heavy (non-hydrogen) atoms. The normalized spacial score (nSPS) is 10.7. The highest BCUT2D eigenvalue weighted by Gasteiger charge is 2.13. The molecule has 0 saturated carbocycles. The number of alkyl halides is 1. The van der Waals surface area contributed by atoms with Crippen molar-refractivity contribution in [1.29, 1.82) is 0 Å². The van der Waals surface area contributed by atoms with Gasteiger partial charge in [0.25, 0.3) is 0 Å². The van der Waals surface area contributed by atoms with Crippen molar-refractivity contribution in [2.24, 2.45) is 0 Å². The van der Waals surface area contributed by atoms with Crippen LogP contribution in [0.5, 0.6) is 11.5 Å². The third-order valence-electron chi connectivity index (χ3n) is 3.84. The highest BCUT2D eigenvalue weighted by Crippen LogP contribution is 2.36. The Balaban J connectivity index is 1.91. The fraction of sp³-hybridized carbons (Fsp3) is 0.200. The molecule has 0 bridgehead atoms. The minimum absolute atomic E-state index is 0.184. The van der Waals surface area contributed by atoms with Crippen LogP contribution < -0.4 is 10.1 Å². The van der Waals surface area contributed by atoms with Crippen LogP contribution in [0.3, 0.4) is 0 Å². The van der Waals surface area contributed by atoms with Gasteiger partial charge in [-0.15, -0.1) is 0 Å². The van der Waals surface area contributed by atoms with Gasteiger partial charge in [0.15, 0.2) is 5.75 Å². The van der Waals surface area contributed by atoms with Crippen molar-refractivity contribution in [3.8, 4) is 11.5 Å². The summed E-state index contributed by atoms with van der Waals surface area (Å²) in [6.45, 7) is -0.420. The summed E-state index contributed by atoms with van der Waals surface area (Å²) in [6, 6.07) is 14.2. The Morgan fingerprint density at radius 1 is 1.12 bits per heavy atom. The average molecular weight is 373 g/mol. The maximum absolute atomic E-state index is 12.3. The van der Waals surface area contributed by atoms with E-state index in [-0.39, 0.29) is 12.3 Å². The number of hydrogen-bond acceptors (Lipinski definition) is 3. The smallest absolute Gasteiger partial charge is 0.224 e. The Bertz CT molecular complexity index is 900. The van der Waals surface area contributed by atoms with Gasteiger partial charge in [0.1, 0.15) is 5.75 Å². The molecule has 2 aromatic carbocycles. The number of hydrogen-bond donors (Lipinski definition) is 1. The minimum atomic E-state index is -0.420. The zero-order chi connectivity index (χ0) is 18.4. The van der Waals surface area contributed by atoms with E-state index in [9.17, 15) is 9.18 Å². The summed E-state index contributed by atoms with van der Waals surface area (Å²) in [5, 5.41) is 4.28. The van der Waals surface area contributed by atoms with Crippen LogP contribution in [0.25, 0.3) is 10.9 Å². The Kier molecular flexibility index (Phi) is 6.02. The predicted octanol–water partition coefficient (Wildman–Crippen LogP) is 5.76. The third-order valence-corrected chi connectivity index (χ3v) is 4.09. The summed E-state index contributed by atoms with van der Waals surface area (Å²) < 4.78 is 18.2. The molecule has 1 heterocycles. The van der Waals surface area contributed by atoms with E-state index in [1.807, 2.05) is 12.1 Å². The number of ether oxygens (including phenoxy) is 1. The van der Waals surface area contributed by atoms with Gasteiger partial charge < -0.3 is 10.1 Å². The number of nitrogens with zero attached hydrogens (tertiary/aromatic N) is 1. The van der Waals surface area contributed by atoms with Crippen molar-refractivity contribution >= 4 is 34.1 Å². The van der Waals surface area contributed by atoms with E-state index < -0.39 is 6.67 Å². The lowest BCUT2D eigenvalue weighted by molar-refractivity contribution is -0.116. The number of amides is 1. The van der Waals surface area contributed by atoms with Crippen LogP contribution in [-0.2, 0) is 4.79 Å². The molecule has 0 radical (unpaired) electrons. The third kappa shape index (κ3) is 4.49. The largest absolute Gasteiger partial charge is 0.455 e. The van der Waals surface area contributed by atoms with E-state index in [2.05, 4.69) is 10.3 Å². The molecule has 0 spiro atoms. The zero-order valence-electron chi connectivity index (χ0n) is 14.0. The second-order valence-corrected chi connectivity index (χ2v) is 6.20. The van der Waals surface area contributed by atoms with E-state index in [0.717, 1.165) is 10.9 Å². The molecule has 3 aromatic rings. The molecule has 1 amide bonds. The van der Waals surface area contributed by atoms with Crippen LogP contribution in [0.2, 0.25) is 5.02 Å². The molecule has 134 valence electrons. The standard InChI is InChI=1S/C20H18ClFN2O2/c21-14-6-8-15(9-7-14)26-18-11-10-17-16(4-3-13-23-17)20(18)24-19(25)5-1-2-12-22/h3-4,6-11,13H,1-2,5,12H2,(H,24,25). The number of benzene rings is 2. The second kappa shape index (κ2) is 8.63. The number of carbonyl (C=O) groups excluding carboxylic acids is 1. The van der Waals surface area contributed by atoms with Crippen LogP contribution in [0.4, 0.5) is 10.1 Å². The first-order chi connectivity index (χ1) is 12.7. The van der Waals surface area contributed by atoms with Gasteiger partial charge in [-0.05, 0) is 61.4 Å². The fourth-order valence-corrected chi connectivity index (χ4v) is 2.68. The fourth-order valence-electron chi connectivity index (χ4n) is 2.56. The van der Waals surface area contributed by atoms with Crippen molar-refractivity contribution < 1.29 is 13.9 Å². The molecular formula is C20H18ClFN2O2. The van der Waals surface area contributed by atoms with Crippen molar-refractivity contribution in [1.82, 2.24) is 4.98 Å². The summed E-state index contributed by atoms with van der Waals surface area (Å²) in [4.78, 5) is 16.6. The van der Waals surface area contributed by atoms with Crippen LogP contribution in [-0.4, -0.2) is 17.6 Å². The van der Waals surface area contributed by atoms with Gasteiger partial charge in [0.05, 0.1) is 17.9 Å². The summed E-state index contributed by atoms with van der Waals surface area (Å²) in [5.41, 5.74) is 1.30. The number of rotatable bonds is 7. The monoisotopic (exact) mass is 372 g/mol. The molecule has 0 aliphatic rings. The van der Waals surface area contributed by atoms with E-state index in [1.165, 1.54) is 0 Å². The first kappa shape index (κ1) is 18.1. The van der Waals surface area contributed by atoms with Crippen LogP contribution >= 0.6 is 11.6 Å². The van der Waals surface area contributed by atoms with Gasteiger partial charge in [0, 0.05) is 23.0 Å². The SMILES string of the molecule is O=C(CCCCF)Nc1c(Oc2ccc(Cl)cc2)ccc2ncccc12. The van der Waals surface area contributed by atoms with Gasteiger partial charge in [0.2, 0.25) is 5.91 Å². The second-order valence-electron chi connectivity index (χ2n) is 5.76. The summed E-state index contributed by atoms with van der Waals surface area (Å²) in [6.07, 6.45) is 2.81. The van der Waals surface area contributed by atoms with Gasteiger partial charge in [-0.1, -0.05) is 11.6 Å². The number of pyridine rings is 1. The molecule has 3 rings (SSSR count). The predicted molar refractivity (Wildman–Crippen MR) is 102 cm³/mol. The lowest BCUT2D eigenvalue weighted by Gasteiger charge is -2.15. The number of aromatic nitrogens is 1. The van der Waals surface area contributed by atoms with E-state index in [4.69, 9.17) is 16.3 Å².